The van der Waals surface area contributed by atoms with E-state index in [2.05, 4.69) is 0 Å². The van der Waals surface area contributed by atoms with Crippen LogP contribution in [0.15, 0.2) is 48.6 Å². The van der Waals surface area contributed by atoms with E-state index in [1.54, 1.807) is 40.7 Å². The minimum absolute atomic E-state index is 0.0215. The van der Waals surface area contributed by atoms with Gasteiger partial charge in [-0.2, -0.15) is 0 Å². The summed E-state index contributed by atoms with van der Waals surface area (Å²) in [5.74, 6) is -3.95. The van der Waals surface area contributed by atoms with E-state index in [1.807, 2.05) is 6.92 Å². The molecule has 0 saturated carbocycles. The number of aliphatic hydroxyl groups excluding tert-OH is 1. The number of hydrogen-bond donors (Lipinski definition) is 4. The van der Waals surface area contributed by atoms with Crippen LogP contribution in [0.4, 0.5) is 0 Å². The third-order valence-corrected chi connectivity index (χ3v) is 13.3. The largest absolute Gasteiger partial charge is 0.507 e. The number of aromatic hydroxyl groups is 2. The minimum atomic E-state index is -1.45. The molecule has 0 bridgehead atoms. The summed E-state index contributed by atoms with van der Waals surface area (Å²) in [5.41, 5.74) is -2.01. The fourth-order valence-electron chi connectivity index (χ4n) is 9.72. The third kappa shape index (κ3) is 10.3. The molecule has 0 aromatic heterocycles. The van der Waals surface area contributed by atoms with E-state index < -0.39 is 121 Å². The van der Waals surface area contributed by atoms with Gasteiger partial charge in [0.05, 0.1) is 65.9 Å². The van der Waals surface area contributed by atoms with E-state index in [4.69, 9.17) is 42.6 Å². The number of fused-ring (bicyclic) bond motifs is 2. The molecule has 2 aromatic carbocycles. The predicted molar refractivity (Wildman–Crippen MR) is 231 cm³/mol. The van der Waals surface area contributed by atoms with Gasteiger partial charge in [-0.15, -0.1) is 0 Å². The van der Waals surface area contributed by atoms with Crippen LogP contribution in [0, 0.1) is 0 Å². The molecule has 362 valence electrons. The number of ketones is 4. The average Bonchev–Trinajstić information content (AvgIpc) is 3.26. The van der Waals surface area contributed by atoms with Gasteiger partial charge in [-0.05, 0) is 96.4 Å². The summed E-state index contributed by atoms with van der Waals surface area (Å²) in [7, 11) is 0. The molecule has 18 nitrogen and oxygen atoms in total. The lowest BCUT2D eigenvalue weighted by Crippen LogP contribution is -2.50. The number of phenols is 2. The maximum atomic E-state index is 14.1. The van der Waals surface area contributed by atoms with Crippen LogP contribution in [0.2, 0.25) is 0 Å². The first kappa shape index (κ1) is 48.7. The summed E-state index contributed by atoms with van der Waals surface area (Å²) in [6, 6.07) is 5.60. The Balaban J connectivity index is 0.909. The van der Waals surface area contributed by atoms with Crippen molar-refractivity contribution in [3.8, 4) is 11.5 Å². The number of benzene rings is 2. The van der Waals surface area contributed by atoms with Crippen molar-refractivity contribution < 1.29 is 87.0 Å². The van der Waals surface area contributed by atoms with Crippen molar-refractivity contribution >= 4 is 29.1 Å². The molecule has 0 amide bonds. The summed E-state index contributed by atoms with van der Waals surface area (Å²) in [6.07, 6.45) is -2.21. The van der Waals surface area contributed by atoms with E-state index in [1.165, 1.54) is 42.5 Å². The second-order valence-corrected chi connectivity index (χ2v) is 18.5. The first-order valence-corrected chi connectivity index (χ1v) is 22.8. The predicted octanol–water partition coefficient (Wildman–Crippen LogP) is 4.82. The van der Waals surface area contributed by atoms with Crippen molar-refractivity contribution in [3.63, 3.8) is 0 Å². The highest BCUT2D eigenvalue weighted by molar-refractivity contribution is 6.30. The monoisotopic (exact) mass is 934 g/mol. The Bertz CT molecular complexity index is 2310. The highest BCUT2D eigenvalue weighted by Gasteiger charge is 2.44. The molecule has 6 aliphatic rings. The second-order valence-electron chi connectivity index (χ2n) is 18.5. The quantitative estimate of drug-likeness (QED) is 0.179. The maximum absolute atomic E-state index is 14.1. The molecule has 4 N–H and O–H groups in total. The molecule has 0 spiro atoms. The van der Waals surface area contributed by atoms with Gasteiger partial charge in [0.1, 0.15) is 29.8 Å². The third-order valence-electron chi connectivity index (χ3n) is 13.3. The first-order valence-electron chi connectivity index (χ1n) is 22.8. The first-order chi connectivity index (χ1) is 31.8. The number of carboxylic acids is 1. The van der Waals surface area contributed by atoms with Gasteiger partial charge in [0.15, 0.2) is 48.3 Å². The Kier molecular flexibility index (Phi) is 14.3. The highest BCUT2D eigenvalue weighted by atomic mass is 16.7. The molecule has 18 heteroatoms. The van der Waals surface area contributed by atoms with E-state index >= 15 is 0 Å². The smallest absolute Gasteiger partial charge is 0.306 e. The molecule has 3 saturated heterocycles. The lowest BCUT2D eigenvalue weighted by molar-refractivity contribution is -0.292. The summed E-state index contributed by atoms with van der Waals surface area (Å²) >= 11 is 0. The van der Waals surface area contributed by atoms with Crippen LogP contribution in [-0.2, 0) is 63.4 Å². The molecule has 0 radical (unpaired) electrons. The van der Waals surface area contributed by atoms with Gasteiger partial charge < -0.3 is 63.1 Å². The van der Waals surface area contributed by atoms with E-state index in [9.17, 15) is 44.4 Å². The number of hydrogen-bond acceptors (Lipinski definition) is 17. The van der Waals surface area contributed by atoms with Crippen LogP contribution in [0.1, 0.15) is 129 Å². The number of carbonyl (C=O) groups is 5. The molecule has 5 heterocycles. The Morgan fingerprint density at radius 2 is 1.22 bits per heavy atom. The van der Waals surface area contributed by atoms with Crippen LogP contribution in [0.5, 0.6) is 11.5 Å². The maximum Gasteiger partial charge on any atom is 0.306 e. The molecule has 67 heavy (non-hydrogen) atoms. The number of aliphatic carboxylic acids is 1. The Hall–Kier alpha value is -4.73. The second kappa shape index (κ2) is 19.7. The van der Waals surface area contributed by atoms with Crippen molar-refractivity contribution in [2.24, 2.45) is 0 Å². The Morgan fingerprint density at radius 1 is 0.687 bits per heavy atom. The van der Waals surface area contributed by atoms with E-state index in [-0.39, 0.29) is 63.9 Å². The minimum Gasteiger partial charge on any atom is -0.507 e. The molecule has 3 fully saturated rings. The van der Waals surface area contributed by atoms with Crippen molar-refractivity contribution in [1.29, 1.82) is 0 Å². The van der Waals surface area contributed by atoms with Gasteiger partial charge >= 0.3 is 5.97 Å². The number of carboxylic acid groups (broad SMARTS) is 1. The lowest BCUT2D eigenvalue weighted by Gasteiger charge is -2.42. The fraction of sp³-hybridized carbons (Fsp3) is 0.571. The summed E-state index contributed by atoms with van der Waals surface area (Å²) in [5, 5.41) is 44.6. The van der Waals surface area contributed by atoms with Crippen molar-refractivity contribution in [3.05, 3.63) is 82.0 Å². The van der Waals surface area contributed by atoms with E-state index in [0.29, 0.717) is 25.7 Å². The number of carbonyl (C=O) groups excluding carboxylic acids is 4. The van der Waals surface area contributed by atoms with Gasteiger partial charge in [-0.3, -0.25) is 24.0 Å². The number of aliphatic hydroxyl groups is 1. The van der Waals surface area contributed by atoms with Crippen LogP contribution < -0.4 is 0 Å². The van der Waals surface area contributed by atoms with Crippen LogP contribution in [0.25, 0.3) is 0 Å². The molecular formula is C49H58O18. The molecule has 1 aliphatic carbocycles. The van der Waals surface area contributed by atoms with Gasteiger partial charge in [-0.25, -0.2) is 0 Å². The Morgan fingerprint density at radius 3 is 1.76 bits per heavy atom. The van der Waals surface area contributed by atoms with Crippen LogP contribution in [0.3, 0.4) is 0 Å². The number of ether oxygens (including phenoxy) is 9. The highest BCUT2D eigenvalue weighted by Crippen LogP contribution is 2.45. The molecule has 5 aliphatic heterocycles. The van der Waals surface area contributed by atoms with Crippen molar-refractivity contribution in [2.75, 3.05) is 0 Å². The van der Waals surface area contributed by atoms with Gasteiger partial charge in [0, 0.05) is 42.4 Å². The fourth-order valence-corrected chi connectivity index (χ4v) is 9.72. The van der Waals surface area contributed by atoms with Gasteiger partial charge in [0.25, 0.3) is 0 Å². The molecule has 2 aromatic rings. The lowest BCUT2D eigenvalue weighted by atomic mass is 9.79. The SMILES string of the molecule is C[C@@H]1O[C@H](O[C@H]2CC[C@H](O[C@H]3[C@H](O)C[C@H](c4ccc5c(c4O)C(=O)c4ccc(C[C@](C)(CC(=O)O)O[C@H]6CC[C@H](O[C@@H]7C=CC(=O)[C@H](C)O7)[C@H](C)O6)c(O)c4C5=O)O[C@@H]3C)O[C@H]2C)C=CC1=O. The molecular weight excluding hydrogens is 877 g/mol. The normalized spacial score (nSPS) is 35.2. The summed E-state index contributed by atoms with van der Waals surface area (Å²) in [4.78, 5) is 64.0. The standard InChI is InChI=1S/C49H58O18/c1-22-31(50)11-15-38(60-22)64-34-13-17-40(62-24(34)3)66-48-26(5)59-36(19-33(48)52)28-9-10-30-43(45(28)56)47(58)29-8-7-27(44(55)42(29)46(30)57)20-49(6,21-37(53)54)67-41-18-14-35(25(4)63-41)65-39-16-12-32(51)23(2)61-39/h7-12,15-16,22-26,33-36,38-41,48,52,55-56H,13-14,17-21H2,1-6H3,(H,53,54)/t22-,23-,24-,25-,26+,33+,34-,35-,36+,38+,39+,40-,41-,48+,49+/m0/s1. The topological polar surface area (TPSA) is 249 Å². The number of phenolic OH excluding ortho intramolecular Hbond substituents is 2. The summed E-state index contributed by atoms with van der Waals surface area (Å²) < 4.78 is 54.4. The zero-order chi connectivity index (χ0) is 48.1. The zero-order valence-electron chi connectivity index (χ0n) is 38.2. The molecule has 8 rings (SSSR count). The van der Waals surface area contributed by atoms with E-state index in [0.717, 1.165) is 0 Å². The molecule has 15 atom stereocenters. The van der Waals surface area contributed by atoms with Crippen LogP contribution >= 0.6 is 0 Å². The van der Waals surface area contributed by atoms with Gasteiger partial charge in [-0.1, -0.05) is 12.1 Å². The Labute approximate surface area is 387 Å². The van der Waals surface area contributed by atoms with Crippen molar-refractivity contribution in [2.45, 2.75) is 178 Å². The summed E-state index contributed by atoms with van der Waals surface area (Å²) in [6.45, 7) is 10.2. The number of rotatable bonds is 13. The average molecular weight is 935 g/mol. The molecule has 0 unspecified atom stereocenters. The zero-order valence-corrected chi connectivity index (χ0v) is 38.2. The van der Waals surface area contributed by atoms with Crippen molar-refractivity contribution in [1.82, 2.24) is 0 Å². The van der Waals surface area contributed by atoms with Crippen LogP contribution in [-0.4, -0.2) is 135 Å². The van der Waals surface area contributed by atoms with Gasteiger partial charge in [0.2, 0.25) is 0 Å².